The molecule has 1 aromatic heterocycles. The number of pyridine rings is 1. The van der Waals surface area contributed by atoms with Gasteiger partial charge < -0.3 is 9.57 Å². The fraction of sp³-hybridized carbons (Fsp3) is 0.300. The third-order valence-corrected chi connectivity index (χ3v) is 3.45. The van der Waals surface area contributed by atoms with Crippen LogP contribution in [0.3, 0.4) is 0 Å². The van der Waals surface area contributed by atoms with E-state index in [1.165, 1.54) is 31.3 Å². The van der Waals surface area contributed by atoms with E-state index in [2.05, 4.69) is 15.5 Å². The molecule has 0 radical (unpaired) electrons. The molecule has 2 aromatic rings. The van der Waals surface area contributed by atoms with Crippen LogP contribution in [0.5, 0.6) is 0 Å². The maximum atomic E-state index is 13.5. The lowest BCUT2D eigenvalue weighted by molar-refractivity contribution is 0.0148. The summed E-state index contributed by atoms with van der Waals surface area (Å²) in [6, 6.07) is 10.3. The number of rotatable bonds is 6. The Morgan fingerprint density at radius 1 is 1.30 bits per heavy atom. The number of nitrogens with one attached hydrogen (secondary N) is 2. The predicted molar refractivity (Wildman–Crippen MR) is 109 cm³/mol. The van der Waals surface area contributed by atoms with Crippen molar-refractivity contribution in [2.45, 2.75) is 33.0 Å². The number of oxime groups is 1. The quantitative estimate of drug-likeness (QED) is 0.374. The van der Waals surface area contributed by atoms with Crippen molar-refractivity contribution in [2.75, 3.05) is 12.4 Å². The van der Waals surface area contributed by atoms with Crippen molar-refractivity contribution < 1.29 is 24.0 Å². The summed E-state index contributed by atoms with van der Waals surface area (Å²) in [5.41, 5.74) is -0.0107. The van der Waals surface area contributed by atoms with Crippen molar-refractivity contribution in [1.82, 2.24) is 10.0 Å². The van der Waals surface area contributed by atoms with Crippen LogP contribution in [0.2, 0.25) is 0 Å². The Hall–Kier alpha value is -3.53. The highest BCUT2D eigenvalue weighted by molar-refractivity contribution is 6.45. The van der Waals surface area contributed by atoms with Crippen LogP contribution < -0.4 is 5.32 Å². The van der Waals surface area contributed by atoms with Gasteiger partial charge >= 0.3 is 6.09 Å². The van der Waals surface area contributed by atoms with Gasteiger partial charge in [-0.15, -0.1) is 0 Å². The van der Waals surface area contributed by atoms with Gasteiger partial charge in [0, 0.05) is 12.6 Å². The van der Waals surface area contributed by atoms with Gasteiger partial charge in [0.2, 0.25) is 0 Å². The van der Waals surface area contributed by atoms with Crippen molar-refractivity contribution in [2.24, 2.45) is 5.16 Å². The zero-order valence-corrected chi connectivity index (χ0v) is 17.1. The number of amidine groups is 1. The average Bonchev–Trinajstić information content (AvgIpc) is 2.63. The molecule has 0 bridgehead atoms. The number of benzene rings is 1. The molecule has 10 heteroatoms. The summed E-state index contributed by atoms with van der Waals surface area (Å²) in [6.45, 7) is 5.16. The number of halogens is 1. The first kappa shape index (κ1) is 22.8. The number of hydrogen-bond donors (Lipinski definition) is 3. The Labute approximate surface area is 173 Å². The smallest absolute Gasteiger partial charge is 0.413 e. The second-order valence-electron chi connectivity index (χ2n) is 7.24. The molecule has 0 saturated heterocycles. The van der Waals surface area contributed by atoms with Gasteiger partial charge in [0.25, 0.3) is 0 Å². The van der Waals surface area contributed by atoms with Gasteiger partial charge in [-0.1, -0.05) is 23.4 Å². The number of carbonyl (C=O) groups excluding carboxylic acids is 1. The number of nitrogens with zero attached hydrogens (tertiary/aromatic N) is 3. The monoisotopic (exact) mass is 417 g/mol. The highest BCUT2D eigenvalue weighted by Crippen LogP contribution is 2.12. The number of amides is 1. The fourth-order valence-corrected chi connectivity index (χ4v) is 2.22. The number of hydrogen-bond acceptors (Lipinski definition) is 7. The largest absolute Gasteiger partial charge is 0.444 e. The van der Waals surface area contributed by atoms with Crippen LogP contribution in [0.1, 0.15) is 32.0 Å². The zero-order chi connectivity index (χ0) is 22.3. The number of hydroxylamine groups is 2. The van der Waals surface area contributed by atoms with Crippen LogP contribution >= 0.6 is 0 Å². The molecule has 160 valence electrons. The lowest BCUT2D eigenvalue weighted by Crippen LogP contribution is -2.30. The van der Waals surface area contributed by atoms with Gasteiger partial charge in [-0.25, -0.2) is 19.2 Å². The fourth-order valence-electron chi connectivity index (χ4n) is 2.22. The predicted octanol–water partition coefficient (Wildman–Crippen LogP) is 3.79. The van der Waals surface area contributed by atoms with Gasteiger partial charge in [-0.3, -0.25) is 15.9 Å². The molecule has 0 atom stereocenters. The maximum Gasteiger partial charge on any atom is 0.413 e. The molecule has 0 aliphatic heterocycles. The number of carbonyl (C=O) groups is 1. The molecule has 0 aliphatic rings. The first-order valence-corrected chi connectivity index (χ1v) is 8.98. The van der Waals surface area contributed by atoms with Crippen LogP contribution in [0.4, 0.5) is 15.0 Å². The molecular weight excluding hydrogens is 393 g/mol. The molecule has 1 amide bonds. The van der Waals surface area contributed by atoms with Gasteiger partial charge in [0.15, 0.2) is 18.2 Å². The molecular formula is C20H24FN5O4. The van der Waals surface area contributed by atoms with E-state index >= 15 is 0 Å². The normalized spacial score (nSPS) is 11.6. The molecule has 30 heavy (non-hydrogen) atoms. The Kier molecular flexibility index (Phi) is 7.43. The van der Waals surface area contributed by atoms with E-state index in [0.29, 0.717) is 10.8 Å². The summed E-state index contributed by atoms with van der Waals surface area (Å²) < 4.78 is 18.7. The van der Waals surface area contributed by atoms with Crippen molar-refractivity contribution in [1.29, 1.82) is 5.41 Å². The van der Waals surface area contributed by atoms with E-state index in [1.807, 2.05) is 0 Å². The lowest BCUT2D eigenvalue weighted by atomic mass is 10.1. The van der Waals surface area contributed by atoms with Crippen LogP contribution in [0.25, 0.3) is 0 Å². The second kappa shape index (κ2) is 9.79. The Bertz CT molecular complexity index is 941. The van der Waals surface area contributed by atoms with Crippen LogP contribution in [0, 0.1) is 11.2 Å². The third-order valence-electron chi connectivity index (χ3n) is 3.45. The van der Waals surface area contributed by atoms with Crippen LogP contribution in [0.15, 0.2) is 47.6 Å². The molecule has 0 fully saturated rings. The summed E-state index contributed by atoms with van der Waals surface area (Å²) in [5.74, 6) is -0.632. The van der Waals surface area contributed by atoms with Crippen LogP contribution in [-0.4, -0.2) is 45.5 Å². The zero-order valence-electron chi connectivity index (χ0n) is 17.1. The summed E-state index contributed by atoms with van der Waals surface area (Å²) in [4.78, 5) is 21.4. The average molecular weight is 417 g/mol. The Morgan fingerprint density at radius 2 is 2.00 bits per heavy atom. The van der Waals surface area contributed by atoms with Gasteiger partial charge in [0.1, 0.15) is 17.2 Å². The number of anilines is 1. The van der Waals surface area contributed by atoms with E-state index in [0.717, 1.165) is 0 Å². The maximum absolute atomic E-state index is 13.5. The van der Waals surface area contributed by atoms with Crippen molar-refractivity contribution >= 4 is 23.5 Å². The van der Waals surface area contributed by atoms with Crippen LogP contribution in [-0.2, 0) is 16.2 Å². The topological polar surface area (TPSA) is 120 Å². The minimum absolute atomic E-state index is 0.0671. The summed E-state index contributed by atoms with van der Waals surface area (Å²) in [6.07, 6.45) is -0.640. The van der Waals surface area contributed by atoms with Gasteiger partial charge in [0.05, 0.1) is 5.69 Å². The Balaban J connectivity index is 2.11. The van der Waals surface area contributed by atoms with Crippen molar-refractivity contribution in [3.63, 3.8) is 0 Å². The molecule has 0 unspecified atom stereocenters. The molecule has 1 heterocycles. The summed E-state index contributed by atoms with van der Waals surface area (Å²) >= 11 is 0. The highest BCUT2D eigenvalue weighted by atomic mass is 19.1. The third kappa shape index (κ3) is 7.13. The molecule has 2 rings (SSSR count). The SMILES string of the molecule is CN(O)C(=N)/C(=N\OCc1cccc(NC(=O)OC(C)(C)C)n1)c1cccc(F)c1. The number of ether oxygens (including phenoxy) is 1. The highest BCUT2D eigenvalue weighted by Gasteiger charge is 2.17. The molecule has 3 N–H and O–H groups in total. The molecule has 1 aromatic carbocycles. The summed E-state index contributed by atoms with van der Waals surface area (Å²) in [7, 11) is 1.24. The molecule has 0 spiro atoms. The second-order valence-corrected chi connectivity index (χ2v) is 7.24. The van der Waals surface area contributed by atoms with E-state index in [4.69, 9.17) is 15.0 Å². The molecule has 0 saturated carbocycles. The molecule has 0 aliphatic carbocycles. The standard InChI is InChI=1S/C20H24FN5O4/c1-20(2,3)30-19(27)24-16-10-6-9-15(23-16)12-29-25-17(18(22)26(4)28)13-7-5-8-14(21)11-13/h5-11,22,28H,12H2,1-4H3,(H,23,24,27)/b22-18?,25-17-. The minimum Gasteiger partial charge on any atom is -0.444 e. The summed E-state index contributed by atoms with van der Waals surface area (Å²) in [5, 5.41) is 24.4. The van der Waals surface area contributed by atoms with E-state index < -0.39 is 17.5 Å². The first-order valence-electron chi connectivity index (χ1n) is 8.98. The van der Waals surface area contributed by atoms with Gasteiger partial charge in [-0.05, 0) is 45.0 Å². The van der Waals surface area contributed by atoms with Crippen molar-refractivity contribution in [3.8, 4) is 0 Å². The van der Waals surface area contributed by atoms with E-state index in [1.54, 1.807) is 39.0 Å². The molecule has 9 nitrogen and oxygen atoms in total. The minimum atomic E-state index is -0.642. The van der Waals surface area contributed by atoms with E-state index in [9.17, 15) is 14.4 Å². The van der Waals surface area contributed by atoms with E-state index in [-0.39, 0.29) is 29.5 Å². The Morgan fingerprint density at radius 3 is 2.63 bits per heavy atom. The lowest BCUT2D eigenvalue weighted by Gasteiger charge is -2.19. The van der Waals surface area contributed by atoms with Crippen molar-refractivity contribution in [3.05, 3.63) is 59.5 Å². The van der Waals surface area contributed by atoms with Gasteiger partial charge in [-0.2, -0.15) is 0 Å². The number of likely N-dealkylation sites (N-methyl/N-ethyl adjacent to an activating group) is 1. The first-order chi connectivity index (χ1) is 14.0. The number of aromatic nitrogens is 1.